The molecule has 0 aliphatic rings. The fraction of sp³-hybridized carbons (Fsp3) is 0. The highest BCUT2D eigenvalue weighted by Crippen LogP contribution is 2.29. The largest absolute Gasteiger partial charge is 0.268 e. The smallest absolute Gasteiger partial charge is 0.267 e. The van der Waals surface area contributed by atoms with Crippen molar-refractivity contribution < 1.29 is 0 Å². The van der Waals surface area contributed by atoms with Crippen LogP contribution in [0.1, 0.15) is 0 Å². The molecule has 0 aliphatic heterocycles. The highest BCUT2D eigenvalue weighted by Gasteiger charge is 2.21. The molecule has 0 N–H and O–H groups in total. The normalized spacial score (nSPS) is 11.4. The Kier molecular flexibility index (Phi) is 6.47. The zero-order valence-electron chi connectivity index (χ0n) is 25.6. The van der Waals surface area contributed by atoms with Crippen molar-refractivity contribution in [3.05, 3.63) is 168 Å². The van der Waals surface area contributed by atoms with Crippen LogP contribution in [0, 0.1) is 0 Å². The first-order valence-electron chi connectivity index (χ1n) is 15.7. The van der Waals surface area contributed by atoms with Crippen LogP contribution in [0.2, 0.25) is 0 Å². The first-order chi connectivity index (χ1) is 23.7. The maximum Gasteiger partial charge on any atom is 0.267 e. The Balaban J connectivity index is 1.27. The second-order valence-electron chi connectivity index (χ2n) is 11.6. The van der Waals surface area contributed by atoms with E-state index in [1.807, 2.05) is 108 Å². The topological polar surface area (TPSA) is 78.0 Å². The standard InChI is InChI=1S/C41H26N6O/c48-39-33-15-7-8-16-34(33)42-41-46(39)35-17-9-10-18-36(35)47(41)40-44-37(31-23-19-29(20-24-31)27-11-3-1-4-12-27)43-38(45-40)32-25-21-30(22-26-32)28-13-5-2-6-14-28/h1-26H. The number of hydrogen-bond donors (Lipinski definition) is 0. The van der Waals surface area contributed by atoms with E-state index in [4.69, 9.17) is 19.9 Å². The van der Waals surface area contributed by atoms with Crippen LogP contribution in [0.3, 0.4) is 0 Å². The van der Waals surface area contributed by atoms with Gasteiger partial charge in [0.15, 0.2) is 11.6 Å². The second kappa shape index (κ2) is 11.3. The molecule has 3 heterocycles. The van der Waals surface area contributed by atoms with Crippen molar-refractivity contribution >= 4 is 27.7 Å². The summed E-state index contributed by atoms with van der Waals surface area (Å²) in [5.41, 5.74) is 8.10. The third-order valence-corrected chi connectivity index (χ3v) is 8.65. The highest BCUT2D eigenvalue weighted by molar-refractivity contribution is 5.87. The molecule has 9 aromatic rings. The lowest BCUT2D eigenvalue weighted by molar-refractivity contribution is 0.927. The van der Waals surface area contributed by atoms with Gasteiger partial charge in [0, 0.05) is 11.1 Å². The van der Waals surface area contributed by atoms with Gasteiger partial charge in [0.1, 0.15) is 0 Å². The van der Waals surface area contributed by atoms with Crippen molar-refractivity contribution in [2.75, 3.05) is 0 Å². The van der Waals surface area contributed by atoms with E-state index in [0.717, 1.165) is 44.4 Å². The Morgan fingerprint density at radius 1 is 0.396 bits per heavy atom. The van der Waals surface area contributed by atoms with Gasteiger partial charge in [-0.05, 0) is 46.5 Å². The van der Waals surface area contributed by atoms with Crippen LogP contribution in [0.5, 0.6) is 0 Å². The molecule has 226 valence electrons. The van der Waals surface area contributed by atoms with E-state index in [0.29, 0.717) is 34.3 Å². The van der Waals surface area contributed by atoms with Gasteiger partial charge in [0.2, 0.25) is 11.7 Å². The minimum absolute atomic E-state index is 0.145. The van der Waals surface area contributed by atoms with Gasteiger partial charge in [0.25, 0.3) is 5.56 Å². The molecule has 0 saturated carbocycles. The van der Waals surface area contributed by atoms with Gasteiger partial charge in [-0.15, -0.1) is 0 Å². The second-order valence-corrected chi connectivity index (χ2v) is 11.6. The molecule has 9 rings (SSSR count). The lowest BCUT2D eigenvalue weighted by Gasteiger charge is -2.11. The summed E-state index contributed by atoms with van der Waals surface area (Å²) in [5.74, 6) is 1.83. The molecular formula is C41H26N6O. The molecule has 3 aromatic heterocycles. The van der Waals surface area contributed by atoms with E-state index < -0.39 is 0 Å². The number of fused-ring (bicyclic) bond motifs is 4. The van der Waals surface area contributed by atoms with Crippen molar-refractivity contribution in [3.8, 4) is 51.0 Å². The number of imidazole rings is 1. The monoisotopic (exact) mass is 618 g/mol. The Bertz CT molecular complexity index is 2560. The molecule has 7 heteroatoms. The summed E-state index contributed by atoms with van der Waals surface area (Å²) < 4.78 is 3.50. The molecule has 0 fully saturated rings. The number of nitrogens with zero attached hydrogens (tertiary/aromatic N) is 6. The molecule has 0 bridgehead atoms. The summed E-state index contributed by atoms with van der Waals surface area (Å²) in [5, 5.41) is 0.548. The van der Waals surface area contributed by atoms with Crippen LogP contribution in [-0.2, 0) is 0 Å². The third kappa shape index (κ3) is 4.65. The van der Waals surface area contributed by atoms with Crippen LogP contribution < -0.4 is 5.56 Å². The first kappa shape index (κ1) is 27.6. The lowest BCUT2D eigenvalue weighted by atomic mass is 10.0. The summed E-state index contributed by atoms with van der Waals surface area (Å²) in [4.78, 5) is 33.9. The molecule has 7 nitrogen and oxygen atoms in total. The van der Waals surface area contributed by atoms with Crippen LogP contribution in [0.4, 0.5) is 0 Å². The van der Waals surface area contributed by atoms with E-state index in [-0.39, 0.29) is 5.56 Å². The summed E-state index contributed by atoms with van der Waals surface area (Å²) in [6, 6.07) is 52.1. The van der Waals surface area contributed by atoms with Crippen LogP contribution in [0.15, 0.2) is 163 Å². The van der Waals surface area contributed by atoms with Gasteiger partial charge < -0.3 is 0 Å². The Morgan fingerprint density at radius 2 is 0.854 bits per heavy atom. The Labute approximate surface area is 275 Å². The lowest BCUT2D eigenvalue weighted by Crippen LogP contribution is -2.15. The number of rotatable bonds is 5. The fourth-order valence-corrected chi connectivity index (χ4v) is 6.24. The zero-order chi connectivity index (χ0) is 32.0. The average Bonchev–Trinajstić information content (AvgIpc) is 3.50. The van der Waals surface area contributed by atoms with Gasteiger partial charge in [-0.2, -0.15) is 9.97 Å². The summed E-state index contributed by atoms with van der Waals surface area (Å²) in [6.07, 6.45) is 0. The molecule has 0 aliphatic carbocycles. The van der Waals surface area contributed by atoms with E-state index in [1.54, 1.807) is 10.5 Å². The minimum Gasteiger partial charge on any atom is -0.268 e. The number of para-hydroxylation sites is 3. The molecule has 0 unspecified atom stereocenters. The van der Waals surface area contributed by atoms with Crippen molar-refractivity contribution in [2.24, 2.45) is 0 Å². The molecule has 0 radical (unpaired) electrons. The predicted molar refractivity (Wildman–Crippen MR) is 191 cm³/mol. The summed E-state index contributed by atoms with van der Waals surface area (Å²) >= 11 is 0. The van der Waals surface area contributed by atoms with E-state index in [9.17, 15) is 4.79 Å². The molecule has 48 heavy (non-hydrogen) atoms. The highest BCUT2D eigenvalue weighted by atomic mass is 16.1. The molecule has 0 atom stereocenters. The van der Waals surface area contributed by atoms with E-state index in [1.165, 1.54) is 0 Å². The molecule has 6 aromatic carbocycles. The maximum atomic E-state index is 13.9. The Morgan fingerprint density at radius 3 is 1.44 bits per heavy atom. The van der Waals surface area contributed by atoms with Gasteiger partial charge in [-0.25, -0.2) is 18.9 Å². The van der Waals surface area contributed by atoms with Crippen molar-refractivity contribution in [3.63, 3.8) is 0 Å². The summed E-state index contributed by atoms with van der Waals surface area (Å²) in [7, 11) is 0. The zero-order valence-corrected chi connectivity index (χ0v) is 25.6. The van der Waals surface area contributed by atoms with Crippen LogP contribution in [-0.4, -0.2) is 28.9 Å². The van der Waals surface area contributed by atoms with Crippen LogP contribution >= 0.6 is 0 Å². The van der Waals surface area contributed by atoms with Gasteiger partial charge in [-0.1, -0.05) is 133 Å². The first-order valence-corrected chi connectivity index (χ1v) is 15.7. The summed E-state index contributed by atoms with van der Waals surface area (Å²) in [6.45, 7) is 0. The molecular weight excluding hydrogens is 592 g/mol. The quantitative estimate of drug-likeness (QED) is 0.193. The molecule has 0 saturated heterocycles. The van der Waals surface area contributed by atoms with Gasteiger partial charge in [-0.3, -0.25) is 4.79 Å². The number of aromatic nitrogens is 6. The minimum atomic E-state index is -0.145. The maximum absolute atomic E-state index is 13.9. The van der Waals surface area contributed by atoms with Crippen LogP contribution in [0.25, 0.3) is 78.7 Å². The average molecular weight is 619 g/mol. The van der Waals surface area contributed by atoms with Crippen molar-refractivity contribution in [2.45, 2.75) is 0 Å². The SMILES string of the molecule is O=c1c2ccccc2nc2n(-c3nc(-c4ccc(-c5ccccc5)cc4)nc(-c4ccc(-c5ccccc5)cc4)n3)c3ccccc3n12. The van der Waals surface area contributed by atoms with Crippen molar-refractivity contribution in [1.29, 1.82) is 0 Å². The van der Waals surface area contributed by atoms with E-state index in [2.05, 4.69) is 48.5 Å². The number of hydrogen-bond acceptors (Lipinski definition) is 5. The van der Waals surface area contributed by atoms with Gasteiger partial charge in [0.05, 0.1) is 21.9 Å². The molecule has 0 spiro atoms. The third-order valence-electron chi connectivity index (χ3n) is 8.65. The van der Waals surface area contributed by atoms with E-state index >= 15 is 0 Å². The number of benzene rings is 6. The molecule has 0 amide bonds. The predicted octanol–water partition coefficient (Wildman–Crippen LogP) is 8.64. The Hall–Kier alpha value is -6.73. The van der Waals surface area contributed by atoms with Crippen molar-refractivity contribution in [1.82, 2.24) is 28.9 Å². The van der Waals surface area contributed by atoms with Gasteiger partial charge >= 0.3 is 0 Å². The fourth-order valence-electron chi connectivity index (χ4n) is 6.24.